The van der Waals surface area contributed by atoms with Gasteiger partial charge in [0.05, 0.1) is 5.56 Å². The van der Waals surface area contributed by atoms with E-state index in [1.807, 2.05) is 33.7 Å². The van der Waals surface area contributed by atoms with E-state index < -0.39 is 11.7 Å². The fourth-order valence-electron chi connectivity index (χ4n) is 2.04. The Morgan fingerprint density at radius 2 is 1.78 bits per heavy atom. The molecule has 1 aliphatic rings. The summed E-state index contributed by atoms with van der Waals surface area (Å²) in [6, 6.07) is 9.10. The number of rotatable bonds is 1. The van der Waals surface area contributed by atoms with Crippen LogP contribution in [0.3, 0.4) is 0 Å². The lowest BCUT2D eigenvalue weighted by Gasteiger charge is -2.05. The van der Waals surface area contributed by atoms with Gasteiger partial charge in [0.15, 0.2) is 6.21 Å². The van der Waals surface area contributed by atoms with Gasteiger partial charge in [0.1, 0.15) is 5.69 Å². The molecular formula is C13H10F3N2+. The van der Waals surface area contributed by atoms with Gasteiger partial charge in [-0.25, -0.2) is 0 Å². The van der Waals surface area contributed by atoms with Gasteiger partial charge < -0.3 is 0 Å². The van der Waals surface area contributed by atoms with Gasteiger partial charge >= 0.3 is 6.18 Å². The topological polar surface area (TPSA) is 7.94 Å². The molecule has 2 aromatic rings. The molecule has 0 saturated heterocycles. The molecule has 0 fully saturated rings. The Hall–Kier alpha value is -2.04. The van der Waals surface area contributed by atoms with E-state index in [4.69, 9.17) is 0 Å². The molecule has 3 rings (SSSR count). The first-order valence-corrected chi connectivity index (χ1v) is 5.48. The van der Waals surface area contributed by atoms with E-state index in [-0.39, 0.29) is 0 Å². The van der Waals surface area contributed by atoms with E-state index in [0.717, 1.165) is 23.5 Å². The van der Waals surface area contributed by atoms with Crippen molar-refractivity contribution in [3.63, 3.8) is 0 Å². The van der Waals surface area contributed by atoms with Crippen LogP contribution < -0.4 is 0 Å². The SMILES string of the molecule is FC(F)(F)c1ccc([N+]2=Cc3cccn3C2)cc1. The number of hydrogen-bond acceptors (Lipinski definition) is 0. The zero-order valence-electron chi connectivity index (χ0n) is 9.35. The molecule has 0 saturated carbocycles. The highest BCUT2D eigenvalue weighted by molar-refractivity contribution is 5.75. The average Bonchev–Trinajstić information content (AvgIpc) is 2.88. The maximum absolute atomic E-state index is 12.4. The quantitative estimate of drug-likeness (QED) is 0.687. The molecule has 0 aliphatic carbocycles. The maximum Gasteiger partial charge on any atom is 0.416 e. The van der Waals surface area contributed by atoms with Crippen LogP contribution in [-0.4, -0.2) is 15.4 Å². The van der Waals surface area contributed by atoms with E-state index in [0.29, 0.717) is 6.67 Å². The molecule has 18 heavy (non-hydrogen) atoms. The predicted molar refractivity (Wildman–Crippen MR) is 61.0 cm³/mol. The Labute approximate surface area is 102 Å². The van der Waals surface area contributed by atoms with Crippen molar-refractivity contribution < 1.29 is 17.7 Å². The Bertz CT molecular complexity index is 606. The highest BCUT2D eigenvalue weighted by atomic mass is 19.4. The summed E-state index contributed by atoms with van der Waals surface area (Å²) in [5.41, 5.74) is 1.19. The van der Waals surface area contributed by atoms with Crippen molar-refractivity contribution in [2.24, 2.45) is 0 Å². The smallest absolute Gasteiger partial charge is 0.287 e. The monoisotopic (exact) mass is 251 g/mol. The van der Waals surface area contributed by atoms with Gasteiger partial charge in [0.25, 0.3) is 0 Å². The lowest BCUT2D eigenvalue weighted by Crippen LogP contribution is -2.06. The molecule has 0 spiro atoms. The van der Waals surface area contributed by atoms with Crippen LogP contribution in [0.2, 0.25) is 0 Å². The fourth-order valence-corrected chi connectivity index (χ4v) is 2.04. The van der Waals surface area contributed by atoms with Crippen LogP contribution in [-0.2, 0) is 12.8 Å². The van der Waals surface area contributed by atoms with Crippen molar-refractivity contribution in [1.82, 2.24) is 4.57 Å². The van der Waals surface area contributed by atoms with E-state index >= 15 is 0 Å². The van der Waals surface area contributed by atoms with E-state index in [9.17, 15) is 13.2 Å². The Kier molecular flexibility index (Phi) is 2.29. The minimum absolute atomic E-state index is 0.620. The minimum Gasteiger partial charge on any atom is -0.287 e. The largest absolute Gasteiger partial charge is 0.416 e. The van der Waals surface area contributed by atoms with Crippen molar-refractivity contribution in [3.8, 4) is 0 Å². The molecule has 1 aromatic heterocycles. The standard InChI is InChI=1S/C13H10F3N2/c14-13(15,16)10-3-5-11(6-4-10)18-8-12-2-1-7-17(12)9-18/h1-8H,9H2/q+1. The first-order valence-electron chi connectivity index (χ1n) is 5.48. The number of nitrogens with zero attached hydrogens (tertiary/aromatic N) is 2. The highest BCUT2D eigenvalue weighted by Crippen LogP contribution is 2.30. The Morgan fingerprint density at radius 3 is 2.39 bits per heavy atom. The normalized spacial score (nSPS) is 14.5. The molecule has 1 aliphatic heterocycles. The van der Waals surface area contributed by atoms with E-state index in [1.54, 1.807) is 0 Å². The zero-order valence-corrected chi connectivity index (χ0v) is 9.35. The highest BCUT2D eigenvalue weighted by Gasteiger charge is 2.30. The van der Waals surface area contributed by atoms with Crippen LogP contribution in [0.15, 0.2) is 42.6 Å². The fraction of sp³-hybridized carbons (Fsp3) is 0.154. The second-order valence-electron chi connectivity index (χ2n) is 4.19. The first kappa shape index (κ1) is 11.1. The second kappa shape index (κ2) is 3.73. The van der Waals surface area contributed by atoms with Gasteiger partial charge in [-0.1, -0.05) is 0 Å². The summed E-state index contributed by atoms with van der Waals surface area (Å²) in [6.07, 6.45) is -0.420. The van der Waals surface area contributed by atoms with Crippen LogP contribution >= 0.6 is 0 Å². The van der Waals surface area contributed by atoms with Crippen molar-refractivity contribution in [2.45, 2.75) is 12.8 Å². The summed E-state index contributed by atoms with van der Waals surface area (Å²) in [6.45, 7) is 0.633. The molecule has 92 valence electrons. The molecule has 0 bridgehead atoms. The van der Waals surface area contributed by atoms with Crippen LogP contribution in [0.1, 0.15) is 11.3 Å². The molecule has 0 radical (unpaired) electrons. The molecule has 0 N–H and O–H groups in total. The Balaban J connectivity index is 1.89. The third-order valence-electron chi connectivity index (χ3n) is 2.98. The van der Waals surface area contributed by atoms with Crippen molar-refractivity contribution >= 4 is 11.9 Å². The van der Waals surface area contributed by atoms with Crippen LogP contribution in [0.25, 0.3) is 0 Å². The number of aromatic nitrogens is 1. The molecule has 2 heterocycles. The van der Waals surface area contributed by atoms with Gasteiger partial charge in [-0.05, 0) is 24.3 Å². The molecule has 0 atom stereocenters. The van der Waals surface area contributed by atoms with Gasteiger partial charge in [0.2, 0.25) is 12.4 Å². The summed E-state index contributed by atoms with van der Waals surface area (Å²) in [5.74, 6) is 0. The predicted octanol–water partition coefficient (Wildman–Crippen LogP) is 3.24. The van der Waals surface area contributed by atoms with Gasteiger partial charge in [-0.2, -0.15) is 17.7 Å². The maximum atomic E-state index is 12.4. The van der Waals surface area contributed by atoms with Crippen molar-refractivity contribution in [3.05, 3.63) is 53.9 Å². The van der Waals surface area contributed by atoms with Gasteiger partial charge in [-0.3, -0.25) is 4.57 Å². The molecule has 2 nitrogen and oxygen atoms in total. The molecule has 0 amide bonds. The summed E-state index contributed by atoms with van der Waals surface area (Å²) >= 11 is 0. The second-order valence-corrected chi connectivity index (χ2v) is 4.19. The molecule has 1 aromatic carbocycles. The van der Waals surface area contributed by atoms with E-state index in [2.05, 4.69) is 0 Å². The number of benzene rings is 1. The lowest BCUT2D eigenvalue weighted by molar-refractivity contribution is -0.463. The van der Waals surface area contributed by atoms with Crippen LogP contribution in [0.5, 0.6) is 0 Å². The summed E-state index contributed by atoms with van der Waals surface area (Å²) in [5, 5.41) is 0. The summed E-state index contributed by atoms with van der Waals surface area (Å²) < 4.78 is 41.2. The summed E-state index contributed by atoms with van der Waals surface area (Å²) in [7, 11) is 0. The number of fused-ring (bicyclic) bond motifs is 1. The van der Waals surface area contributed by atoms with Crippen LogP contribution in [0, 0.1) is 0 Å². The number of hydrogen-bond donors (Lipinski definition) is 0. The van der Waals surface area contributed by atoms with E-state index in [1.165, 1.54) is 12.1 Å². The van der Waals surface area contributed by atoms with Crippen LogP contribution in [0.4, 0.5) is 18.9 Å². The van der Waals surface area contributed by atoms with Crippen molar-refractivity contribution in [1.29, 1.82) is 0 Å². The molecule has 5 heteroatoms. The zero-order chi connectivity index (χ0) is 12.8. The number of alkyl halides is 3. The third kappa shape index (κ3) is 1.81. The molecule has 0 unspecified atom stereocenters. The van der Waals surface area contributed by atoms with Gasteiger partial charge in [-0.15, -0.1) is 0 Å². The third-order valence-corrected chi connectivity index (χ3v) is 2.98. The summed E-state index contributed by atoms with van der Waals surface area (Å²) in [4.78, 5) is 0. The number of halogens is 3. The minimum atomic E-state index is -4.28. The lowest BCUT2D eigenvalue weighted by atomic mass is 10.2. The molecular weight excluding hydrogens is 241 g/mol. The first-order chi connectivity index (χ1) is 8.54. The van der Waals surface area contributed by atoms with Crippen molar-refractivity contribution in [2.75, 3.05) is 0 Å². The average molecular weight is 251 g/mol. The van der Waals surface area contributed by atoms with Gasteiger partial charge in [0, 0.05) is 18.3 Å². The Morgan fingerprint density at radius 1 is 1.06 bits per heavy atom.